The number of nitrogens with one attached hydrogen (secondary N) is 3. The van der Waals surface area contributed by atoms with Crippen LogP contribution in [0.25, 0.3) is 0 Å². The van der Waals surface area contributed by atoms with Crippen molar-refractivity contribution in [1.82, 2.24) is 21.3 Å². The Morgan fingerprint density at radius 2 is 2.08 bits per heavy atom. The molecule has 0 bridgehead atoms. The van der Waals surface area contributed by atoms with E-state index >= 15 is 0 Å². The predicted octanol–water partition coefficient (Wildman–Crippen LogP) is 4.06. The summed E-state index contributed by atoms with van der Waals surface area (Å²) in [5.41, 5.74) is 10.1. The van der Waals surface area contributed by atoms with Gasteiger partial charge in [0.2, 0.25) is 0 Å². The summed E-state index contributed by atoms with van der Waals surface area (Å²) in [6.45, 7) is 13.4. The minimum absolute atomic E-state index is 0.194. The van der Waals surface area contributed by atoms with Crippen LogP contribution < -0.4 is 16.3 Å². The van der Waals surface area contributed by atoms with Crippen molar-refractivity contribution < 1.29 is 0 Å². The van der Waals surface area contributed by atoms with Crippen LogP contribution in [-0.4, -0.2) is 35.0 Å². The molecule has 2 aliphatic heterocycles. The number of hydrogen-bond donors (Lipinski definition) is 3. The number of nitrogens with zero attached hydrogens (tertiary/aromatic N) is 2. The number of thioether (sulfide) groups is 1. The molecule has 2 aliphatic rings. The summed E-state index contributed by atoms with van der Waals surface area (Å²) in [7, 11) is 0. The molecule has 2 rings (SSSR count). The summed E-state index contributed by atoms with van der Waals surface area (Å²) >= 11 is 5.23. The summed E-state index contributed by atoms with van der Waals surface area (Å²) in [5, 5.41) is 7.64. The zero-order chi connectivity index (χ0) is 19.2. The Hall–Kier alpha value is -1.18. The molecule has 7 heteroatoms. The zero-order valence-corrected chi connectivity index (χ0v) is 18.7. The number of hydrazine groups is 2. The van der Waals surface area contributed by atoms with E-state index in [2.05, 4.69) is 101 Å². The Morgan fingerprint density at radius 3 is 2.77 bits per heavy atom. The van der Waals surface area contributed by atoms with Crippen molar-refractivity contribution >= 4 is 32.7 Å². The maximum Gasteiger partial charge on any atom is 0.0830 e. The molecule has 0 aromatic rings. The maximum atomic E-state index is 4.46. The highest BCUT2D eigenvalue weighted by Crippen LogP contribution is 2.22. The van der Waals surface area contributed by atoms with E-state index in [0.29, 0.717) is 0 Å². The lowest BCUT2D eigenvalue weighted by Crippen LogP contribution is -2.48. The molecule has 0 fully saturated rings. The van der Waals surface area contributed by atoms with Crippen LogP contribution in [0.1, 0.15) is 34.6 Å². The number of hydrogen-bond acceptors (Lipinski definition) is 6. The third-order valence-corrected chi connectivity index (χ3v) is 5.72. The predicted molar refractivity (Wildman–Crippen MR) is 118 cm³/mol. The fourth-order valence-electron chi connectivity index (χ4n) is 2.45. The molecule has 144 valence electrons. The van der Waals surface area contributed by atoms with Gasteiger partial charge in [0.1, 0.15) is 0 Å². The Balaban J connectivity index is 2.06. The molecule has 3 N–H and O–H groups in total. The average molecular weight is 440 g/mol. The zero-order valence-electron chi connectivity index (χ0n) is 16.3. The SMILES string of the molecule is C\C1=C/C(NCC2=CCN=C(CBr)S2)=C\C=C(/C)N(CC(C)(C)C)NN1. The van der Waals surface area contributed by atoms with Gasteiger partial charge in [-0.1, -0.05) is 54.5 Å². The standard InChI is InChI=1S/C19H30BrN5S/c1-14-10-16(22-12-17-8-9-21-18(11-20)26-17)7-6-15(2)25(24-23-14)13-19(3,4)5/h6-8,10,22-24H,9,11-13H2,1-5H3/b14-10+,15-6+,16-7+. The molecular formula is C19H30BrN5S. The first-order valence-electron chi connectivity index (χ1n) is 8.83. The highest BCUT2D eigenvalue weighted by atomic mass is 79.9. The van der Waals surface area contributed by atoms with Crippen LogP contribution in [0.5, 0.6) is 0 Å². The molecule has 0 unspecified atom stereocenters. The van der Waals surface area contributed by atoms with Crippen molar-refractivity contribution in [1.29, 1.82) is 0 Å². The Morgan fingerprint density at radius 1 is 1.31 bits per heavy atom. The lowest BCUT2D eigenvalue weighted by atomic mass is 9.96. The molecule has 0 radical (unpaired) electrons. The number of rotatable bonds is 5. The van der Waals surface area contributed by atoms with Crippen molar-refractivity contribution in [2.24, 2.45) is 10.4 Å². The molecule has 26 heavy (non-hydrogen) atoms. The lowest BCUT2D eigenvalue weighted by Gasteiger charge is -2.32. The fraction of sp³-hybridized carbons (Fsp3) is 0.526. The van der Waals surface area contributed by atoms with E-state index in [1.165, 1.54) is 4.91 Å². The Bertz CT molecular complexity index is 655. The lowest BCUT2D eigenvalue weighted by molar-refractivity contribution is 0.153. The second-order valence-corrected chi connectivity index (χ2v) is 9.40. The molecule has 0 aromatic heterocycles. The summed E-state index contributed by atoms with van der Waals surface area (Å²) < 4.78 is 0. The van der Waals surface area contributed by atoms with Gasteiger partial charge >= 0.3 is 0 Å². The van der Waals surface area contributed by atoms with Gasteiger partial charge in [0, 0.05) is 35.1 Å². The van der Waals surface area contributed by atoms with Crippen LogP contribution in [0.2, 0.25) is 0 Å². The van der Waals surface area contributed by atoms with Gasteiger partial charge < -0.3 is 10.7 Å². The molecule has 0 saturated heterocycles. The van der Waals surface area contributed by atoms with Gasteiger partial charge in [-0.3, -0.25) is 10.0 Å². The van der Waals surface area contributed by atoms with Crippen LogP contribution in [0.4, 0.5) is 0 Å². The largest absolute Gasteiger partial charge is 0.380 e. The number of halogens is 1. The van der Waals surface area contributed by atoms with Gasteiger partial charge in [-0.15, -0.1) is 5.53 Å². The van der Waals surface area contributed by atoms with E-state index in [4.69, 9.17) is 0 Å². The van der Waals surface area contributed by atoms with E-state index in [1.807, 2.05) is 0 Å². The normalized spacial score (nSPS) is 25.0. The van der Waals surface area contributed by atoms with Crippen molar-refractivity contribution in [3.63, 3.8) is 0 Å². The van der Waals surface area contributed by atoms with E-state index in [1.54, 1.807) is 11.8 Å². The van der Waals surface area contributed by atoms with E-state index in [-0.39, 0.29) is 5.41 Å². The van der Waals surface area contributed by atoms with Crippen molar-refractivity contribution in [3.8, 4) is 0 Å². The average Bonchev–Trinajstić information content (AvgIpc) is 2.64. The second kappa shape index (κ2) is 9.67. The molecule has 2 heterocycles. The molecular weight excluding hydrogens is 410 g/mol. The monoisotopic (exact) mass is 439 g/mol. The van der Waals surface area contributed by atoms with Gasteiger partial charge in [0.25, 0.3) is 0 Å². The highest BCUT2D eigenvalue weighted by molar-refractivity contribution is 9.09. The minimum atomic E-state index is 0.194. The van der Waals surface area contributed by atoms with Crippen LogP contribution in [-0.2, 0) is 0 Å². The molecule has 0 amide bonds. The van der Waals surface area contributed by atoms with Crippen molar-refractivity contribution in [2.45, 2.75) is 34.6 Å². The first-order chi connectivity index (χ1) is 12.3. The highest BCUT2D eigenvalue weighted by Gasteiger charge is 2.17. The maximum absolute atomic E-state index is 4.46. The fourth-order valence-corrected chi connectivity index (χ4v) is 3.77. The number of allylic oxidation sites excluding steroid dienone is 5. The number of aliphatic imine (C=N–C) groups is 1. The molecule has 0 aliphatic carbocycles. The number of alkyl halides is 1. The molecule has 0 atom stereocenters. The smallest absolute Gasteiger partial charge is 0.0830 e. The van der Waals surface area contributed by atoms with Gasteiger partial charge in [-0.05, 0) is 37.5 Å². The quantitative estimate of drug-likeness (QED) is 0.563. The summed E-state index contributed by atoms with van der Waals surface area (Å²) in [5.74, 6) is 0. The third-order valence-electron chi connectivity index (χ3n) is 3.74. The molecule has 5 nitrogen and oxygen atoms in total. The summed E-state index contributed by atoms with van der Waals surface area (Å²) in [4.78, 5) is 5.77. The first-order valence-corrected chi connectivity index (χ1v) is 10.8. The van der Waals surface area contributed by atoms with Crippen LogP contribution in [0.3, 0.4) is 0 Å². The third kappa shape index (κ3) is 7.21. The first kappa shape index (κ1) is 21.1. The van der Waals surface area contributed by atoms with Crippen LogP contribution >= 0.6 is 27.7 Å². The van der Waals surface area contributed by atoms with Gasteiger partial charge in [0.15, 0.2) is 0 Å². The molecule has 0 aromatic carbocycles. The summed E-state index contributed by atoms with van der Waals surface area (Å²) in [6, 6.07) is 0. The minimum Gasteiger partial charge on any atom is -0.380 e. The second-order valence-electron chi connectivity index (χ2n) is 7.64. The van der Waals surface area contributed by atoms with Gasteiger partial charge in [0.05, 0.1) is 16.9 Å². The Kier molecular flexibility index (Phi) is 7.85. The molecule has 0 spiro atoms. The van der Waals surface area contributed by atoms with Gasteiger partial charge in [-0.25, -0.2) is 0 Å². The van der Waals surface area contributed by atoms with Gasteiger partial charge in [-0.2, -0.15) is 0 Å². The van der Waals surface area contributed by atoms with E-state index < -0.39 is 0 Å². The van der Waals surface area contributed by atoms with E-state index in [9.17, 15) is 0 Å². The summed E-state index contributed by atoms with van der Waals surface area (Å²) in [6.07, 6.45) is 8.58. The van der Waals surface area contributed by atoms with Crippen molar-refractivity contribution in [3.05, 3.63) is 46.3 Å². The van der Waals surface area contributed by atoms with Crippen molar-refractivity contribution in [2.75, 3.05) is 25.0 Å². The van der Waals surface area contributed by atoms with Crippen LogP contribution in [0.15, 0.2) is 51.3 Å². The Labute approximate surface area is 170 Å². The van der Waals surface area contributed by atoms with E-state index in [0.717, 1.165) is 47.1 Å². The topological polar surface area (TPSA) is 51.7 Å². The van der Waals surface area contributed by atoms with Crippen LogP contribution in [0, 0.1) is 5.41 Å². The molecule has 0 saturated carbocycles.